The van der Waals surface area contributed by atoms with E-state index in [0.717, 1.165) is 31.4 Å². The molecule has 1 aromatic carbocycles. The molecule has 18 heavy (non-hydrogen) atoms. The van der Waals surface area contributed by atoms with Crippen molar-refractivity contribution in [3.05, 3.63) is 29.3 Å². The summed E-state index contributed by atoms with van der Waals surface area (Å²) in [5.41, 5.74) is 8.80. The number of nitrogens with two attached hydrogens (primary N) is 1. The lowest BCUT2D eigenvalue weighted by atomic mass is 9.82. The van der Waals surface area contributed by atoms with Crippen LogP contribution in [0.5, 0.6) is 0 Å². The summed E-state index contributed by atoms with van der Waals surface area (Å²) in [6.07, 6.45) is 4.89. The second-order valence-electron chi connectivity index (χ2n) is 5.47. The van der Waals surface area contributed by atoms with Gasteiger partial charge in [-0.2, -0.15) is 0 Å². The van der Waals surface area contributed by atoms with Crippen molar-refractivity contribution in [2.75, 3.05) is 5.32 Å². The zero-order chi connectivity index (χ0) is 13.2. The Hall–Kier alpha value is -1.35. The number of hydrogen-bond donors (Lipinski definition) is 2. The first-order chi connectivity index (χ1) is 8.51. The molecule has 2 rings (SSSR count). The minimum atomic E-state index is -0.670. The lowest BCUT2D eigenvalue weighted by molar-refractivity contribution is -0.122. The van der Waals surface area contributed by atoms with E-state index >= 15 is 0 Å². The first kappa shape index (κ1) is 13.1. The van der Waals surface area contributed by atoms with E-state index in [4.69, 9.17) is 5.73 Å². The molecule has 0 spiro atoms. The molecule has 1 aliphatic rings. The second-order valence-corrected chi connectivity index (χ2v) is 5.47. The summed E-state index contributed by atoms with van der Waals surface area (Å²) >= 11 is 0. The fourth-order valence-electron chi connectivity index (χ4n) is 2.48. The lowest BCUT2D eigenvalue weighted by Gasteiger charge is -2.31. The van der Waals surface area contributed by atoms with E-state index in [0.29, 0.717) is 0 Å². The van der Waals surface area contributed by atoms with Gasteiger partial charge in [-0.1, -0.05) is 25.3 Å². The van der Waals surface area contributed by atoms with Gasteiger partial charge in [0.25, 0.3) is 0 Å². The van der Waals surface area contributed by atoms with Gasteiger partial charge in [-0.25, -0.2) is 0 Å². The van der Waals surface area contributed by atoms with Gasteiger partial charge >= 0.3 is 0 Å². The van der Waals surface area contributed by atoms with Gasteiger partial charge in [0.1, 0.15) is 0 Å². The third-order valence-electron chi connectivity index (χ3n) is 3.96. The standard InChI is InChI=1S/C15H22N2O/c1-11-6-7-13(10-12(11)2)17-14(18)15(16)8-4-3-5-9-15/h6-7,10H,3-5,8-9,16H2,1-2H3,(H,17,18). The first-order valence-corrected chi connectivity index (χ1v) is 6.69. The Kier molecular flexibility index (Phi) is 3.71. The molecule has 0 saturated heterocycles. The average molecular weight is 246 g/mol. The fourth-order valence-corrected chi connectivity index (χ4v) is 2.48. The summed E-state index contributed by atoms with van der Waals surface area (Å²) in [5.74, 6) is -0.0366. The first-order valence-electron chi connectivity index (χ1n) is 6.69. The molecule has 0 atom stereocenters. The van der Waals surface area contributed by atoms with E-state index in [1.807, 2.05) is 25.1 Å². The Morgan fingerprint density at radius 2 is 1.83 bits per heavy atom. The van der Waals surface area contributed by atoms with E-state index in [1.54, 1.807) is 0 Å². The summed E-state index contributed by atoms with van der Waals surface area (Å²) in [4.78, 5) is 12.2. The molecule has 3 nitrogen and oxygen atoms in total. The van der Waals surface area contributed by atoms with Crippen LogP contribution in [-0.2, 0) is 4.79 Å². The largest absolute Gasteiger partial charge is 0.324 e. The SMILES string of the molecule is Cc1ccc(NC(=O)C2(N)CCCCC2)cc1C. The average Bonchev–Trinajstić information content (AvgIpc) is 2.35. The molecular formula is C15H22N2O. The van der Waals surface area contributed by atoms with Gasteiger partial charge in [-0.05, 0) is 49.9 Å². The smallest absolute Gasteiger partial charge is 0.244 e. The van der Waals surface area contributed by atoms with E-state index < -0.39 is 5.54 Å². The molecule has 1 aromatic rings. The third kappa shape index (κ3) is 2.72. The molecule has 3 heteroatoms. The number of nitrogens with one attached hydrogen (secondary N) is 1. The molecule has 1 amide bonds. The number of carbonyl (C=O) groups excluding carboxylic acids is 1. The number of anilines is 1. The van der Waals surface area contributed by atoms with Crippen LogP contribution in [-0.4, -0.2) is 11.4 Å². The minimum absolute atomic E-state index is 0.0366. The minimum Gasteiger partial charge on any atom is -0.324 e. The van der Waals surface area contributed by atoms with Crippen molar-refractivity contribution in [1.82, 2.24) is 0 Å². The van der Waals surface area contributed by atoms with Crippen molar-refractivity contribution in [2.24, 2.45) is 5.73 Å². The second kappa shape index (κ2) is 5.11. The van der Waals surface area contributed by atoms with Crippen molar-refractivity contribution in [1.29, 1.82) is 0 Å². The fraction of sp³-hybridized carbons (Fsp3) is 0.533. The van der Waals surface area contributed by atoms with E-state index in [9.17, 15) is 4.79 Å². The number of aryl methyl sites for hydroxylation is 2. The van der Waals surface area contributed by atoms with Crippen LogP contribution in [0.3, 0.4) is 0 Å². The maximum Gasteiger partial charge on any atom is 0.244 e. The molecule has 0 aromatic heterocycles. The monoisotopic (exact) mass is 246 g/mol. The Bertz CT molecular complexity index is 448. The van der Waals surface area contributed by atoms with Crippen LogP contribution in [0.4, 0.5) is 5.69 Å². The molecule has 0 heterocycles. The Labute approximate surface area is 109 Å². The molecule has 1 saturated carbocycles. The van der Waals surface area contributed by atoms with Gasteiger partial charge in [0, 0.05) is 5.69 Å². The number of amides is 1. The van der Waals surface area contributed by atoms with E-state index in [1.165, 1.54) is 17.5 Å². The molecule has 98 valence electrons. The normalized spacial score (nSPS) is 18.4. The number of benzene rings is 1. The van der Waals surface area contributed by atoms with E-state index in [2.05, 4.69) is 12.2 Å². The molecule has 1 aliphatic carbocycles. The predicted molar refractivity (Wildman–Crippen MR) is 74.5 cm³/mol. The predicted octanol–water partition coefficient (Wildman–Crippen LogP) is 2.90. The number of hydrogen-bond acceptors (Lipinski definition) is 2. The highest BCUT2D eigenvalue weighted by atomic mass is 16.2. The van der Waals surface area contributed by atoms with Crippen molar-refractivity contribution < 1.29 is 4.79 Å². The summed E-state index contributed by atoms with van der Waals surface area (Å²) in [5, 5.41) is 2.96. The molecular weight excluding hydrogens is 224 g/mol. The van der Waals surface area contributed by atoms with Crippen LogP contribution in [0, 0.1) is 13.8 Å². The number of rotatable bonds is 2. The van der Waals surface area contributed by atoms with Gasteiger partial charge in [-0.3, -0.25) is 4.79 Å². The van der Waals surface area contributed by atoms with Crippen LogP contribution in [0.2, 0.25) is 0 Å². The van der Waals surface area contributed by atoms with Crippen LogP contribution >= 0.6 is 0 Å². The highest BCUT2D eigenvalue weighted by molar-refractivity contribution is 5.98. The summed E-state index contributed by atoms with van der Waals surface area (Å²) in [7, 11) is 0. The molecule has 3 N–H and O–H groups in total. The maximum atomic E-state index is 12.2. The van der Waals surface area contributed by atoms with Gasteiger partial charge < -0.3 is 11.1 Å². The van der Waals surface area contributed by atoms with Crippen molar-refractivity contribution >= 4 is 11.6 Å². The Morgan fingerprint density at radius 1 is 1.17 bits per heavy atom. The highest BCUT2D eigenvalue weighted by Gasteiger charge is 2.35. The van der Waals surface area contributed by atoms with Gasteiger partial charge in [-0.15, -0.1) is 0 Å². The molecule has 0 aliphatic heterocycles. The van der Waals surface area contributed by atoms with Crippen LogP contribution in [0.25, 0.3) is 0 Å². The Balaban J connectivity index is 2.08. The van der Waals surface area contributed by atoms with Crippen molar-refractivity contribution in [2.45, 2.75) is 51.5 Å². The van der Waals surface area contributed by atoms with Crippen molar-refractivity contribution in [3.8, 4) is 0 Å². The van der Waals surface area contributed by atoms with Crippen LogP contribution in [0.1, 0.15) is 43.2 Å². The molecule has 1 fully saturated rings. The van der Waals surface area contributed by atoms with Gasteiger partial charge in [0.15, 0.2) is 0 Å². The summed E-state index contributed by atoms with van der Waals surface area (Å²) in [6.45, 7) is 4.11. The van der Waals surface area contributed by atoms with E-state index in [-0.39, 0.29) is 5.91 Å². The summed E-state index contributed by atoms with van der Waals surface area (Å²) < 4.78 is 0. The van der Waals surface area contributed by atoms with Crippen LogP contribution in [0.15, 0.2) is 18.2 Å². The van der Waals surface area contributed by atoms with Gasteiger partial charge in [0.05, 0.1) is 5.54 Å². The molecule has 0 radical (unpaired) electrons. The molecule has 0 unspecified atom stereocenters. The van der Waals surface area contributed by atoms with Gasteiger partial charge in [0.2, 0.25) is 5.91 Å². The zero-order valence-electron chi connectivity index (χ0n) is 11.3. The summed E-state index contributed by atoms with van der Waals surface area (Å²) in [6, 6.07) is 5.96. The molecule has 0 bridgehead atoms. The quantitative estimate of drug-likeness (QED) is 0.843. The van der Waals surface area contributed by atoms with Crippen LogP contribution < -0.4 is 11.1 Å². The maximum absolute atomic E-state index is 12.2. The highest BCUT2D eigenvalue weighted by Crippen LogP contribution is 2.27. The lowest BCUT2D eigenvalue weighted by Crippen LogP contribution is -2.52. The topological polar surface area (TPSA) is 55.1 Å². The number of carbonyl (C=O) groups is 1. The Morgan fingerprint density at radius 3 is 2.44 bits per heavy atom. The van der Waals surface area contributed by atoms with Crippen molar-refractivity contribution in [3.63, 3.8) is 0 Å². The third-order valence-corrected chi connectivity index (χ3v) is 3.96. The zero-order valence-corrected chi connectivity index (χ0v) is 11.3.